The number of ketones is 1. The number of fused-ring (bicyclic) bond motifs is 1. The van der Waals surface area contributed by atoms with Crippen LogP contribution in [-0.4, -0.2) is 27.0 Å². The molecule has 4 rings (SSSR count). The molecule has 2 aromatic rings. The van der Waals surface area contributed by atoms with Gasteiger partial charge in [-0.25, -0.2) is 0 Å². The first-order chi connectivity index (χ1) is 15.1. The Morgan fingerprint density at radius 2 is 1.75 bits per heavy atom. The van der Waals surface area contributed by atoms with Crippen molar-refractivity contribution in [2.75, 3.05) is 0 Å². The number of hydrogen-bond donors (Lipinski definition) is 3. The van der Waals surface area contributed by atoms with Crippen molar-refractivity contribution in [3.63, 3.8) is 0 Å². The molecule has 1 aromatic heterocycles. The number of nitrogens with one attached hydrogen (secondary N) is 1. The maximum atomic E-state index is 13.9. The Morgan fingerprint density at radius 1 is 1.09 bits per heavy atom. The zero-order valence-electron chi connectivity index (χ0n) is 19.6. The molecule has 3 N–H and O–H groups in total. The average molecular weight is 437 g/mol. The van der Waals surface area contributed by atoms with Crippen molar-refractivity contribution in [2.24, 2.45) is 28.6 Å². The summed E-state index contributed by atoms with van der Waals surface area (Å²) in [5, 5.41) is 23.8. The van der Waals surface area contributed by atoms with Crippen molar-refractivity contribution < 1.29 is 15.0 Å². The largest absolute Gasteiger partial charge is 0.508 e. The molecule has 0 amide bonds. The predicted octanol–water partition coefficient (Wildman–Crippen LogP) is 5.32. The standard InChI is InChI=1S/C27H36N2O3/c1-17-22(29-16-18-6-10-28-11-7-18)15-23-26(2,3)8-5-9-27(23,4)24(17)25(32)19-12-20(30)14-21(31)13-19/h6-7,10-14,17,22-24,29-31H,5,8-9,15-16H2,1-4H3/t17-,22-,23+,24-,27+/m1/s1. The van der Waals surface area contributed by atoms with E-state index in [1.807, 2.05) is 24.5 Å². The number of phenols is 2. The first kappa shape index (κ1) is 22.8. The van der Waals surface area contributed by atoms with Gasteiger partial charge >= 0.3 is 0 Å². The number of aromatic hydroxyl groups is 2. The molecular formula is C27H36N2O3. The molecule has 0 saturated heterocycles. The van der Waals surface area contributed by atoms with Gasteiger partial charge in [0.2, 0.25) is 0 Å². The zero-order valence-corrected chi connectivity index (χ0v) is 19.6. The minimum atomic E-state index is -0.183. The quantitative estimate of drug-likeness (QED) is 0.553. The molecule has 0 bridgehead atoms. The Labute approximate surface area is 191 Å². The number of hydrogen-bond acceptors (Lipinski definition) is 5. The summed E-state index contributed by atoms with van der Waals surface area (Å²) in [5.74, 6) is 0.240. The number of benzene rings is 1. The van der Waals surface area contributed by atoms with E-state index in [-0.39, 0.29) is 46.0 Å². The van der Waals surface area contributed by atoms with Crippen LogP contribution in [0, 0.1) is 28.6 Å². The van der Waals surface area contributed by atoms with E-state index in [0.29, 0.717) is 11.5 Å². The summed E-state index contributed by atoms with van der Waals surface area (Å²) in [7, 11) is 0. The van der Waals surface area contributed by atoms with Crippen LogP contribution in [0.4, 0.5) is 0 Å². The maximum Gasteiger partial charge on any atom is 0.167 e. The van der Waals surface area contributed by atoms with Gasteiger partial charge in [0.15, 0.2) is 5.78 Å². The van der Waals surface area contributed by atoms with E-state index < -0.39 is 0 Å². The van der Waals surface area contributed by atoms with Gasteiger partial charge in [-0.15, -0.1) is 0 Å². The van der Waals surface area contributed by atoms with Gasteiger partial charge < -0.3 is 15.5 Å². The number of Topliss-reactive ketones (excluding diaryl/α,β-unsaturated/α-hetero) is 1. The number of carbonyl (C=O) groups excluding carboxylic acids is 1. The second-order valence-electron chi connectivity index (χ2n) is 10.9. The van der Waals surface area contributed by atoms with Crippen LogP contribution in [0.1, 0.15) is 69.3 Å². The monoisotopic (exact) mass is 436 g/mol. The number of pyridine rings is 1. The molecule has 0 aliphatic heterocycles. The van der Waals surface area contributed by atoms with Gasteiger partial charge in [-0.2, -0.15) is 0 Å². The van der Waals surface area contributed by atoms with Gasteiger partial charge in [-0.05, 0) is 71.8 Å². The molecule has 2 fully saturated rings. The number of nitrogens with zero attached hydrogens (tertiary/aromatic N) is 1. The zero-order chi connectivity index (χ0) is 23.1. The molecule has 1 heterocycles. The first-order valence-electron chi connectivity index (χ1n) is 11.8. The van der Waals surface area contributed by atoms with E-state index in [2.05, 4.69) is 38.0 Å². The second kappa shape index (κ2) is 8.51. The molecule has 5 heteroatoms. The minimum Gasteiger partial charge on any atom is -0.508 e. The molecular weight excluding hydrogens is 400 g/mol. The fourth-order valence-corrected chi connectivity index (χ4v) is 6.90. The van der Waals surface area contributed by atoms with Crippen LogP contribution in [-0.2, 0) is 6.54 Å². The van der Waals surface area contributed by atoms with Crippen LogP contribution in [0.5, 0.6) is 11.5 Å². The Bertz CT molecular complexity index is 954. The second-order valence-corrected chi connectivity index (χ2v) is 10.9. The van der Waals surface area contributed by atoms with Crippen molar-refractivity contribution >= 4 is 5.78 Å². The molecule has 5 nitrogen and oxygen atoms in total. The summed E-state index contributed by atoms with van der Waals surface area (Å²) in [4.78, 5) is 18.1. The summed E-state index contributed by atoms with van der Waals surface area (Å²) in [6.07, 6.45) is 7.99. The summed E-state index contributed by atoms with van der Waals surface area (Å²) in [6.45, 7) is 9.95. The fraction of sp³-hybridized carbons (Fsp3) is 0.556. The molecule has 5 atom stereocenters. The lowest BCUT2D eigenvalue weighted by atomic mass is 9.45. The third kappa shape index (κ3) is 4.15. The van der Waals surface area contributed by atoms with Gasteiger partial charge in [0.05, 0.1) is 0 Å². The number of rotatable bonds is 5. The van der Waals surface area contributed by atoms with Gasteiger partial charge in [-0.1, -0.05) is 34.1 Å². The molecule has 172 valence electrons. The lowest BCUT2D eigenvalue weighted by molar-refractivity contribution is -0.0917. The molecule has 1 aromatic carbocycles. The van der Waals surface area contributed by atoms with Crippen molar-refractivity contribution in [1.82, 2.24) is 10.3 Å². The summed E-state index contributed by atoms with van der Waals surface area (Å²) >= 11 is 0. The van der Waals surface area contributed by atoms with Crippen LogP contribution >= 0.6 is 0 Å². The Hall–Kier alpha value is -2.40. The molecule has 0 spiro atoms. The van der Waals surface area contributed by atoms with Gasteiger partial charge in [0.1, 0.15) is 11.5 Å². The van der Waals surface area contributed by atoms with Crippen LogP contribution in [0.2, 0.25) is 0 Å². The van der Waals surface area contributed by atoms with Gasteiger partial charge in [0, 0.05) is 42.5 Å². The lowest BCUT2D eigenvalue weighted by Crippen LogP contribution is -2.60. The number of phenolic OH excluding ortho intramolecular Hbond substituents is 2. The molecule has 2 aliphatic rings. The Morgan fingerprint density at radius 3 is 2.41 bits per heavy atom. The Balaban J connectivity index is 1.69. The Kier molecular flexibility index (Phi) is 6.06. The predicted molar refractivity (Wildman–Crippen MR) is 125 cm³/mol. The lowest BCUT2D eigenvalue weighted by Gasteiger charge is -2.60. The van der Waals surface area contributed by atoms with Crippen molar-refractivity contribution in [3.05, 3.63) is 53.9 Å². The maximum absolute atomic E-state index is 13.9. The van der Waals surface area contributed by atoms with E-state index in [4.69, 9.17) is 0 Å². The molecule has 32 heavy (non-hydrogen) atoms. The van der Waals surface area contributed by atoms with E-state index >= 15 is 0 Å². The fourth-order valence-electron chi connectivity index (χ4n) is 6.90. The summed E-state index contributed by atoms with van der Waals surface area (Å²) in [6, 6.07) is 8.51. The molecule has 0 unspecified atom stereocenters. The topological polar surface area (TPSA) is 82.5 Å². The highest BCUT2D eigenvalue weighted by atomic mass is 16.3. The van der Waals surface area contributed by atoms with Gasteiger partial charge in [0.25, 0.3) is 0 Å². The average Bonchev–Trinajstić information content (AvgIpc) is 2.72. The smallest absolute Gasteiger partial charge is 0.167 e. The summed E-state index contributed by atoms with van der Waals surface area (Å²) < 4.78 is 0. The van der Waals surface area contributed by atoms with Crippen LogP contribution < -0.4 is 5.32 Å². The highest BCUT2D eigenvalue weighted by Gasteiger charge is 2.58. The third-order valence-electron chi connectivity index (χ3n) is 8.42. The summed E-state index contributed by atoms with van der Waals surface area (Å²) in [5.41, 5.74) is 1.62. The minimum absolute atomic E-state index is 0.0318. The molecule has 0 radical (unpaired) electrons. The molecule has 2 aliphatic carbocycles. The van der Waals surface area contributed by atoms with Crippen molar-refractivity contribution in [1.29, 1.82) is 0 Å². The normalized spacial score (nSPS) is 31.6. The highest BCUT2D eigenvalue weighted by molar-refractivity contribution is 5.99. The van der Waals surface area contributed by atoms with E-state index in [9.17, 15) is 15.0 Å². The van der Waals surface area contributed by atoms with E-state index in [0.717, 1.165) is 25.8 Å². The van der Waals surface area contributed by atoms with Crippen molar-refractivity contribution in [3.8, 4) is 11.5 Å². The SMILES string of the molecule is C[C@@H]1[C@H](NCc2ccncc2)C[C@H]2C(C)(C)CCC[C@]2(C)[C@H]1C(=O)c1cc(O)cc(O)c1. The first-order valence-corrected chi connectivity index (χ1v) is 11.8. The number of carbonyl (C=O) groups is 1. The third-order valence-corrected chi connectivity index (χ3v) is 8.42. The molecule has 2 saturated carbocycles. The number of aromatic nitrogens is 1. The van der Waals surface area contributed by atoms with Crippen LogP contribution in [0.3, 0.4) is 0 Å². The van der Waals surface area contributed by atoms with Gasteiger partial charge in [-0.3, -0.25) is 9.78 Å². The van der Waals surface area contributed by atoms with Crippen LogP contribution in [0.15, 0.2) is 42.7 Å². The highest BCUT2D eigenvalue weighted by Crippen LogP contribution is 2.61. The van der Waals surface area contributed by atoms with E-state index in [1.54, 1.807) is 0 Å². The van der Waals surface area contributed by atoms with E-state index in [1.165, 1.54) is 30.2 Å². The van der Waals surface area contributed by atoms with Crippen molar-refractivity contribution in [2.45, 2.75) is 66.0 Å². The van der Waals surface area contributed by atoms with Crippen LogP contribution in [0.25, 0.3) is 0 Å².